The van der Waals surface area contributed by atoms with Crippen LogP contribution >= 0.6 is 0 Å². The van der Waals surface area contributed by atoms with E-state index in [1.54, 1.807) is 0 Å². The maximum absolute atomic E-state index is 2.48. The highest BCUT2D eigenvalue weighted by atomic mass is 14.5. The van der Waals surface area contributed by atoms with Gasteiger partial charge in [0.1, 0.15) is 0 Å². The van der Waals surface area contributed by atoms with Crippen molar-refractivity contribution < 1.29 is 0 Å². The molecule has 90 valence electrons. The average Bonchev–Trinajstić information content (AvgIpc) is 2.08. The average molecular weight is 210 g/mol. The van der Waals surface area contributed by atoms with E-state index in [9.17, 15) is 0 Å². The Balaban J connectivity index is 2.77. The summed E-state index contributed by atoms with van der Waals surface area (Å²) in [5.74, 6) is 2.67. The van der Waals surface area contributed by atoms with Gasteiger partial charge in [-0.1, -0.05) is 48.5 Å². The van der Waals surface area contributed by atoms with Gasteiger partial charge in [0.25, 0.3) is 0 Å². The molecule has 0 aromatic rings. The van der Waals surface area contributed by atoms with Gasteiger partial charge in [-0.3, -0.25) is 0 Å². The van der Waals surface area contributed by atoms with Crippen LogP contribution in [0.1, 0.15) is 67.7 Å². The third kappa shape index (κ3) is 2.40. The van der Waals surface area contributed by atoms with Crippen molar-refractivity contribution in [2.45, 2.75) is 67.7 Å². The van der Waals surface area contributed by atoms with Crippen molar-refractivity contribution in [3.05, 3.63) is 0 Å². The van der Waals surface area contributed by atoms with E-state index in [1.165, 1.54) is 19.3 Å². The van der Waals surface area contributed by atoms with Gasteiger partial charge in [-0.15, -0.1) is 0 Å². The Kier molecular flexibility index (Phi) is 3.58. The molecule has 2 atom stereocenters. The minimum Gasteiger partial charge on any atom is -0.0628 e. The lowest BCUT2D eigenvalue weighted by Crippen LogP contribution is -2.45. The minimum absolute atomic E-state index is 0.491. The van der Waals surface area contributed by atoms with E-state index in [2.05, 4.69) is 48.5 Å². The van der Waals surface area contributed by atoms with E-state index in [1.807, 2.05) is 0 Å². The van der Waals surface area contributed by atoms with E-state index in [0.29, 0.717) is 10.8 Å². The molecule has 0 amide bonds. The molecule has 1 fully saturated rings. The Morgan fingerprint density at radius 1 is 1.13 bits per heavy atom. The summed E-state index contributed by atoms with van der Waals surface area (Å²) in [6.45, 7) is 17.1. The molecule has 1 saturated carbocycles. The highest BCUT2D eigenvalue weighted by Crippen LogP contribution is 2.55. The number of hydrogen-bond donors (Lipinski definition) is 0. The summed E-state index contributed by atoms with van der Waals surface area (Å²) in [5.41, 5.74) is 1.00. The SMILES string of the molecule is CC(C)CC1CCC(C)(C)C(C)(C)C1C. The second-order valence-electron chi connectivity index (χ2n) is 7.32. The van der Waals surface area contributed by atoms with Gasteiger partial charge < -0.3 is 0 Å². The Morgan fingerprint density at radius 3 is 2.13 bits per heavy atom. The van der Waals surface area contributed by atoms with Gasteiger partial charge in [0.05, 0.1) is 0 Å². The van der Waals surface area contributed by atoms with Crippen LogP contribution in [0.4, 0.5) is 0 Å². The lowest BCUT2D eigenvalue weighted by Gasteiger charge is -2.54. The largest absolute Gasteiger partial charge is 0.0628 e. The lowest BCUT2D eigenvalue weighted by molar-refractivity contribution is -0.0423. The predicted octanol–water partition coefficient (Wildman–Crippen LogP) is 5.13. The molecule has 0 heteroatoms. The molecule has 0 radical (unpaired) electrons. The summed E-state index contributed by atoms with van der Waals surface area (Å²) in [5, 5.41) is 0. The van der Waals surface area contributed by atoms with Crippen molar-refractivity contribution in [1.29, 1.82) is 0 Å². The summed E-state index contributed by atoms with van der Waals surface area (Å²) in [6.07, 6.45) is 4.26. The molecule has 0 aromatic heterocycles. The molecule has 0 bridgehead atoms. The molecule has 1 aliphatic carbocycles. The third-order valence-electron chi connectivity index (χ3n) is 5.50. The highest BCUT2D eigenvalue weighted by Gasteiger charge is 2.47. The van der Waals surface area contributed by atoms with Crippen LogP contribution in [0.5, 0.6) is 0 Å². The lowest BCUT2D eigenvalue weighted by atomic mass is 9.51. The van der Waals surface area contributed by atoms with Crippen molar-refractivity contribution in [2.75, 3.05) is 0 Å². The molecule has 0 aliphatic heterocycles. The first-order chi connectivity index (χ1) is 6.68. The molecule has 0 nitrogen and oxygen atoms in total. The molecule has 0 aromatic carbocycles. The summed E-state index contributed by atoms with van der Waals surface area (Å²) < 4.78 is 0. The van der Waals surface area contributed by atoms with Crippen molar-refractivity contribution >= 4 is 0 Å². The monoisotopic (exact) mass is 210 g/mol. The highest BCUT2D eigenvalue weighted by molar-refractivity contribution is 4.96. The molecular formula is C15H30. The Hall–Kier alpha value is 0. The second kappa shape index (κ2) is 4.11. The topological polar surface area (TPSA) is 0 Å². The second-order valence-corrected chi connectivity index (χ2v) is 7.32. The number of rotatable bonds is 2. The standard InChI is InChI=1S/C15H30/c1-11(2)10-13-8-9-14(4,5)15(6,7)12(13)3/h11-13H,8-10H2,1-7H3. The maximum atomic E-state index is 2.48. The van der Waals surface area contributed by atoms with E-state index < -0.39 is 0 Å². The maximum Gasteiger partial charge on any atom is -0.0275 e. The van der Waals surface area contributed by atoms with Gasteiger partial charge in [0.15, 0.2) is 0 Å². The quantitative estimate of drug-likeness (QED) is 0.592. The van der Waals surface area contributed by atoms with Crippen molar-refractivity contribution in [1.82, 2.24) is 0 Å². The van der Waals surface area contributed by atoms with Gasteiger partial charge in [-0.2, -0.15) is 0 Å². The first-order valence-corrected chi connectivity index (χ1v) is 6.68. The molecule has 15 heavy (non-hydrogen) atoms. The van der Waals surface area contributed by atoms with E-state index in [4.69, 9.17) is 0 Å². The van der Waals surface area contributed by atoms with Crippen LogP contribution in [-0.2, 0) is 0 Å². The van der Waals surface area contributed by atoms with Crippen LogP contribution in [0.15, 0.2) is 0 Å². The smallest absolute Gasteiger partial charge is 0.0275 e. The molecule has 1 aliphatic rings. The molecule has 0 N–H and O–H groups in total. The fourth-order valence-corrected chi connectivity index (χ4v) is 3.25. The zero-order chi connectivity index (χ0) is 11.9. The first-order valence-electron chi connectivity index (χ1n) is 6.68. The Morgan fingerprint density at radius 2 is 1.67 bits per heavy atom. The molecular weight excluding hydrogens is 180 g/mol. The van der Waals surface area contributed by atoms with Crippen molar-refractivity contribution in [3.63, 3.8) is 0 Å². The zero-order valence-electron chi connectivity index (χ0n) is 11.9. The fraction of sp³-hybridized carbons (Fsp3) is 1.00. The molecule has 0 spiro atoms. The van der Waals surface area contributed by atoms with Gasteiger partial charge >= 0.3 is 0 Å². The van der Waals surface area contributed by atoms with E-state index >= 15 is 0 Å². The normalized spacial score (nSPS) is 34.4. The van der Waals surface area contributed by atoms with Crippen LogP contribution in [0.2, 0.25) is 0 Å². The van der Waals surface area contributed by atoms with Gasteiger partial charge in [-0.05, 0) is 47.8 Å². The van der Waals surface area contributed by atoms with Crippen LogP contribution in [0.3, 0.4) is 0 Å². The van der Waals surface area contributed by atoms with Crippen LogP contribution in [-0.4, -0.2) is 0 Å². The van der Waals surface area contributed by atoms with Gasteiger partial charge in [0, 0.05) is 0 Å². The fourth-order valence-electron chi connectivity index (χ4n) is 3.25. The van der Waals surface area contributed by atoms with Crippen LogP contribution in [0.25, 0.3) is 0 Å². The summed E-state index contributed by atoms with van der Waals surface area (Å²) in [6, 6.07) is 0. The van der Waals surface area contributed by atoms with Crippen LogP contribution < -0.4 is 0 Å². The third-order valence-corrected chi connectivity index (χ3v) is 5.50. The van der Waals surface area contributed by atoms with Crippen molar-refractivity contribution in [2.24, 2.45) is 28.6 Å². The van der Waals surface area contributed by atoms with Crippen molar-refractivity contribution in [3.8, 4) is 0 Å². The van der Waals surface area contributed by atoms with Gasteiger partial charge in [0.2, 0.25) is 0 Å². The first kappa shape index (κ1) is 13.1. The predicted molar refractivity (Wildman–Crippen MR) is 68.9 cm³/mol. The molecule has 0 saturated heterocycles. The summed E-state index contributed by atoms with van der Waals surface area (Å²) in [4.78, 5) is 0. The van der Waals surface area contributed by atoms with E-state index in [0.717, 1.165) is 17.8 Å². The zero-order valence-corrected chi connectivity index (χ0v) is 11.9. The minimum atomic E-state index is 0.491. The number of hydrogen-bond acceptors (Lipinski definition) is 0. The Labute approximate surface area is 96.8 Å². The van der Waals surface area contributed by atoms with Gasteiger partial charge in [-0.25, -0.2) is 0 Å². The Bertz CT molecular complexity index is 210. The molecule has 2 unspecified atom stereocenters. The molecule has 1 rings (SSSR count). The summed E-state index contributed by atoms with van der Waals surface area (Å²) in [7, 11) is 0. The van der Waals surface area contributed by atoms with Crippen LogP contribution in [0, 0.1) is 28.6 Å². The molecule has 0 heterocycles. The van der Waals surface area contributed by atoms with E-state index in [-0.39, 0.29) is 0 Å². The summed E-state index contributed by atoms with van der Waals surface area (Å²) >= 11 is 0.